The number of hydrogen-bond acceptors (Lipinski definition) is 4. The predicted octanol–water partition coefficient (Wildman–Crippen LogP) is 3.60. The van der Waals surface area contributed by atoms with Crippen molar-refractivity contribution in [1.82, 2.24) is 15.6 Å². The minimum atomic E-state index is -2.83. The molecule has 0 aliphatic rings. The van der Waals surface area contributed by atoms with Gasteiger partial charge in [-0.3, -0.25) is 0 Å². The van der Waals surface area contributed by atoms with E-state index in [-0.39, 0.29) is 5.75 Å². The molecule has 2 aromatic rings. The summed E-state index contributed by atoms with van der Waals surface area (Å²) in [5, 5.41) is 7.54. The molecule has 0 radical (unpaired) electrons. The summed E-state index contributed by atoms with van der Waals surface area (Å²) in [5.41, 5.74) is 0.799. The van der Waals surface area contributed by atoms with Gasteiger partial charge in [-0.2, -0.15) is 8.78 Å². The number of hydrogen-bond donors (Lipinski definition) is 2. The summed E-state index contributed by atoms with van der Waals surface area (Å²) in [6, 6.07) is 6.58. The van der Waals surface area contributed by atoms with E-state index in [2.05, 4.69) is 32.3 Å². The molecule has 2 rings (SSSR count). The van der Waals surface area contributed by atoms with Gasteiger partial charge >= 0.3 is 6.61 Å². The van der Waals surface area contributed by atoms with E-state index < -0.39 is 6.61 Å². The molecule has 8 heteroatoms. The SMILES string of the molecule is CCNC(=NCc1cccc(OC(F)F)c1)NCCc1ncc(CC)s1. The molecule has 0 amide bonds. The van der Waals surface area contributed by atoms with Crippen molar-refractivity contribution in [2.24, 2.45) is 4.99 Å². The zero-order valence-corrected chi connectivity index (χ0v) is 15.8. The summed E-state index contributed by atoms with van der Waals surface area (Å²) in [6.07, 6.45) is 3.75. The molecule has 0 saturated heterocycles. The molecular weight excluding hydrogens is 358 g/mol. The second kappa shape index (κ2) is 10.7. The van der Waals surface area contributed by atoms with Crippen LogP contribution in [0.15, 0.2) is 35.5 Å². The second-order valence-electron chi connectivity index (χ2n) is 5.47. The average molecular weight is 382 g/mol. The number of alkyl halides is 2. The molecule has 0 spiro atoms. The highest BCUT2D eigenvalue weighted by Crippen LogP contribution is 2.16. The van der Waals surface area contributed by atoms with Crippen LogP contribution in [0.5, 0.6) is 5.75 Å². The Balaban J connectivity index is 1.89. The molecule has 0 fully saturated rings. The monoisotopic (exact) mass is 382 g/mol. The van der Waals surface area contributed by atoms with E-state index >= 15 is 0 Å². The van der Waals surface area contributed by atoms with Gasteiger partial charge in [-0.25, -0.2) is 9.98 Å². The molecule has 142 valence electrons. The maximum Gasteiger partial charge on any atom is 0.387 e. The number of rotatable bonds is 9. The lowest BCUT2D eigenvalue weighted by Crippen LogP contribution is -2.38. The van der Waals surface area contributed by atoms with Crippen molar-refractivity contribution >= 4 is 17.3 Å². The lowest BCUT2D eigenvalue weighted by atomic mass is 10.2. The fraction of sp³-hybridized carbons (Fsp3) is 0.444. The van der Waals surface area contributed by atoms with Gasteiger partial charge in [-0.1, -0.05) is 19.1 Å². The molecule has 1 aromatic heterocycles. The highest BCUT2D eigenvalue weighted by atomic mass is 32.1. The number of ether oxygens (including phenoxy) is 1. The first-order chi connectivity index (χ1) is 12.6. The Hall–Kier alpha value is -2.22. The van der Waals surface area contributed by atoms with Crippen molar-refractivity contribution in [2.75, 3.05) is 13.1 Å². The molecule has 0 aliphatic carbocycles. The topological polar surface area (TPSA) is 58.5 Å². The standard InChI is InChI=1S/C18H24F2N4OS/c1-3-15-12-23-16(26-15)8-9-22-18(21-4-2)24-11-13-6-5-7-14(10-13)25-17(19)20/h5-7,10,12,17H,3-4,8-9,11H2,1-2H3,(H2,21,22,24). The van der Waals surface area contributed by atoms with E-state index in [0.717, 1.165) is 36.5 Å². The van der Waals surface area contributed by atoms with Crippen LogP contribution in [0.3, 0.4) is 0 Å². The zero-order chi connectivity index (χ0) is 18.8. The van der Waals surface area contributed by atoms with Crippen molar-refractivity contribution in [2.45, 2.75) is 39.8 Å². The van der Waals surface area contributed by atoms with Crippen molar-refractivity contribution in [1.29, 1.82) is 0 Å². The van der Waals surface area contributed by atoms with Crippen molar-refractivity contribution in [3.05, 3.63) is 45.9 Å². The highest BCUT2D eigenvalue weighted by Gasteiger charge is 2.05. The van der Waals surface area contributed by atoms with Gasteiger partial charge in [0, 0.05) is 30.6 Å². The predicted molar refractivity (Wildman–Crippen MR) is 101 cm³/mol. The molecule has 1 aromatic carbocycles. The van der Waals surface area contributed by atoms with E-state index in [1.165, 1.54) is 10.9 Å². The first-order valence-corrected chi connectivity index (χ1v) is 9.41. The normalized spacial score (nSPS) is 11.7. The fourth-order valence-corrected chi connectivity index (χ4v) is 3.11. The van der Waals surface area contributed by atoms with E-state index in [9.17, 15) is 8.78 Å². The molecule has 0 unspecified atom stereocenters. The van der Waals surface area contributed by atoms with Gasteiger partial charge in [-0.05, 0) is 31.0 Å². The molecule has 0 aliphatic heterocycles. The second-order valence-corrected chi connectivity index (χ2v) is 6.67. The Morgan fingerprint density at radius 3 is 2.85 bits per heavy atom. The van der Waals surface area contributed by atoms with E-state index in [4.69, 9.17) is 0 Å². The van der Waals surface area contributed by atoms with Crippen molar-refractivity contribution in [3.63, 3.8) is 0 Å². The first-order valence-electron chi connectivity index (χ1n) is 8.60. The molecule has 2 N–H and O–H groups in total. The largest absolute Gasteiger partial charge is 0.435 e. The number of nitrogens with zero attached hydrogens (tertiary/aromatic N) is 2. The van der Waals surface area contributed by atoms with Gasteiger partial charge in [0.15, 0.2) is 5.96 Å². The summed E-state index contributed by atoms with van der Waals surface area (Å²) in [4.78, 5) is 10.2. The number of halogens is 2. The van der Waals surface area contributed by atoms with Gasteiger partial charge in [0.25, 0.3) is 0 Å². The number of benzene rings is 1. The third-order valence-electron chi connectivity index (χ3n) is 3.47. The Morgan fingerprint density at radius 1 is 1.31 bits per heavy atom. The van der Waals surface area contributed by atoms with Gasteiger partial charge in [-0.15, -0.1) is 11.3 Å². The Kier molecular flexibility index (Phi) is 8.27. The van der Waals surface area contributed by atoms with Crippen LogP contribution in [0.25, 0.3) is 0 Å². The summed E-state index contributed by atoms with van der Waals surface area (Å²) >= 11 is 1.73. The van der Waals surface area contributed by atoms with Crippen LogP contribution < -0.4 is 15.4 Å². The number of aromatic nitrogens is 1. The highest BCUT2D eigenvalue weighted by molar-refractivity contribution is 7.11. The molecule has 26 heavy (non-hydrogen) atoms. The molecule has 0 atom stereocenters. The van der Waals surface area contributed by atoms with E-state index in [1.807, 2.05) is 19.2 Å². The first kappa shape index (κ1) is 20.1. The zero-order valence-electron chi connectivity index (χ0n) is 15.0. The Morgan fingerprint density at radius 2 is 2.15 bits per heavy atom. The molecule has 5 nitrogen and oxygen atoms in total. The van der Waals surface area contributed by atoms with Crippen LogP contribution >= 0.6 is 11.3 Å². The lowest BCUT2D eigenvalue weighted by molar-refractivity contribution is -0.0498. The third-order valence-corrected chi connectivity index (χ3v) is 4.67. The summed E-state index contributed by atoms with van der Waals surface area (Å²) < 4.78 is 29.0. The van der Waals surface area contributed by atoms with Gasteiger partial charge in [0.2, 0.25) is 0 Å². The number of aryl methyl sites for hydroxylation is 1. The fourth-order valence-electron chi connectivity index (χ4n) is 2.25. The van der Waals surface area contributed by atoms with Gasteiger partial charge < -0.3 is 15.4 Å². The van der Waals surface area contributed by atoms with E-state index in [0.29, 0.717) is 12.5 Å². The molecule has 0 saturated carbocycles. The number of aliphatic imine (C=N–C) groups is 1. The summed E-state index contributed by atoms with van der Waals surface area (Å²) in [5.74, 6) is 0.820. The third kappa shape index (κ3) is 6.95. The van der Waals surface area contributed by atoms with Crippen molar-refractivity contribution in [3.8, 4) is 5.75 Å². The van der Waals surface area contributed by atoms with Gasteiger partial charge in [0.05, 0.1) is 11.6 Å². The minimum Gasteiger partial charge on any atom is -0.435 e. The van der Waals surface area contributed by atoms with E-state index in [1.54, 1.807) is 23.5 Å². The van der Waals surface area contributed by atoms with Crippen LogP contribution in [0, 0.1) is 0 Å². The van der Waals surface area contributed by atoms with Crippen LogP contribution in [0.1, 0.15) is 29.3 Å². The summed E-state index contributed by atoms with van der Waals surface area (Å²) in [6.45, 7) is 3.10. The Bertz CT molecular complexity index is 706. The Labute approximate surface area is 156 Å². The average Bonchev–Trinajstić information content (AvgIpc) is 3.07. The van der Waals surface area contributed by atoms with Crippen LogP contribution in [-0.2, 0) is 19.4 Å². The van der Waals surface area contributed by atoms with Gasteiger partial charge in [0.1, 0.15) is 5.75 Å². The van der Waals surface area contributed by atoms with Crippen molar-refractivity contribution < 1.29 is 13.5 Å². The lowest BCUT2D eigenvalue weighted by Gasteiger charge is -2.11. The molecule has 0 bridgehead atoms. The van der Waals surface area contributed by atoms with Crippen LogP contribution in [-0.4, -0.2) is 30.6 Å². The minimum absolute atomic E-state index is 0.140. The summed E-state index contributed by atoms with van der Waals surface area (Å²) in [7, 11) is 0. The maximum atomic E-state index is 12.3. The number of thiazole rings is 1. The molecular formula is C18H24F2N4OS. The molecule has 1 heterocycles. The quantitative estimate of drug-likeness (QED) is 0.514. The number of nitrogens with one attached hydrogen (secondary N) is 2. The maximum absolute atomic E-state index is 12.3. The smallest absolute Gasteiger partial charge is 0.387 e. The number of guanidine groups is 1. The van der Waals surface area contributed by atoms with Crippen LogP contribution in [0.4, 0.5) is 8.78 Å². The van der Waals surface area contributed by atoms with Crippen LogP contribution in [0.2, 0.25) is 0 Å².